The number of thiazole rings is 1. The SMILES string of the molecule is COC(=O)CN(C)C(=O)Cc1csc(-c2cccc(C)c2)n1. The fourth-order valence-corrected chi connectivity index (χ4v) is 2.75. The van der Waals surface area contributed by atoms with Crippen LogP contribution in [0.25, 0.3) is 10.6 Å². The summed E-state index contributed by atoms with van der Waals surface area (Å²) in [7, 11) is 2.88. The van der Waals surface area contributed by atoms with Gasteiger partial charge in [0.2, 0.25) is 5.91 Å². The summed E-state index contributed by atoms with van der Waals surface area (Å²) < 4.78 is 4.55. The Labute approximate surface area is 133 Å². The minimum Gasteiger partial charge on any atom is -0.468 e. The number of nitrogens with zero attached hydrogens (tertiary/aromatic N) is 2. The van der Waals surface area contributed by atoms with Crippen molar-refractivity contribution in [1.82, 2.24) is 9.88 Å². The topological polar surface area (TPSA) is 59.5 Å². The monoisotopic (exact) mass is 318 g/mol. The number of aryl methyl sites for hydroxylation is 1. The van der Waals surface area contributed by atoms with Gasteiger partial charge in [0, 0.05) is 18.0 Å². The Morgan fingerprint density at radius 3 is 2.82 bits per heavy atom. The molecular formula is C16H18N2O3S. The number of carbonyl (C=O) groups is 2. The Bertz CT molecular complexity index is 682. The van der Waals surface area contributed by atoms with E-state index < -0.39 is 5.97 Å². The number of ether oxygens (including phenoxy) is 1. The number of likely N-dealkylation sites (N-methyl/N-ethyl adjacent to an activating group) is 1. The third-order valence-corrected chi connectivity index (χ3v) is 4.11. The highest BCUT2D eigenvalue weighted by Crippen LogP contribution is 2.24. The van der Waals surface area contributed by atoms with Crippen molar-refractivity contribution in [3.8, 4) is 10.6 Å². The molecule has 0 bridgehead atoms. The average Bonchev–Trinajstić information content (AvgIpc) is 2.95. The van der Waals surface area contributed by atoms with Crippen molar-refractivity contribution in [3.05, 3.63) is 40.9 Å². The molecule has 0 N–H and O–H groups in total. The van der Waals surface area contributed by atoms with Crippen LogP contribution in [0.3, 0.4) is 0 Å². The first kappa shape index (κ1) is 16.2. The van der Waals surface area contributed by atoms with Gasteiger partial charge < -0.3 is 9.64 Å². The first-order valence-electron chi connectivity index (χ1n) is 6.82. The Morgan fingerprint density at radius 2 is 2.14 bits per heavy atom. The van der Waals surface area contributed by atoms with E-state index in [-0.39, 0.29) is 18.9 Å². The van der Waals surface area contributed by atoms with E-state index in [1.807, 2.05) is 30.5 Å². The molecule has 0 unspecified atom stereocenters. The zero-order chi connectivity index (χ0) is 16.1. The quantitative estimate of drug-likeness (QED) is 0.794. The van der Waals surface area contributed by atoms with Crippen molar-refractivity contribution in [3.63, 3.8) is 0 Å². The Morgan fingerprint density at radius 1 is 1.36 bits per heavy atom. The smallest absolute Gasteiger partial charge is 0.325 e. The molecule has 5 nitrogen and oxygen atoms in total. The van der Waals surface area contributed by atoms with Crippen LogP contribution in [0.4, 0.5) is 0 Å². The van der Waals surface area contributed by atoms with Crippen LogP contribution in [0, 0.1) is 6.92 Å². The van der Waals surface area contributed by atoms with Crippen molar-refractivity contribution in [1.29, 1.82) is 0 Å². The number of methoxy groups -OCH3 is 1. The normalized spacial score (nSPS) is 10.3. The summed E-state index contributed by atoms with van der Waals surface area (Å²) >= 11 is 1.51. The lowest BCUT2D eigenvalue weighted by molar-refractivity contribution is -0.145. The number of aromatic nitrogens is 1. The fraction of sp³-hybridized carbons (Fsp3) is 0.312. The van der Waals surface area contributed by atoms with Crippen LogP contribution < -0.4 is 0 Å². The molecule has 2 rings (SSSR count). The zero-order valence-corrected chi connectivity index (χ0v) is 13.6. The number of rotatable bonds is 5. The van der Waals surface area contributed by atoms with Crippen molar-refractivity contribution in [2.45, 2.75) is 13.3 Å². The van der Waals surface area contributed by atoms with Gasteiger partial charge in [-0.25, -0.2) is 4.98 Å². The van der Waals surface area contributed by atoms with E-state index in [1.54, 1.807) is 7.05 Å². The molecule has 0 aliphatic rings. The second-order valence-corrected chi connectivity index (χ2v) is 5.87. The molecular weight excluding hydrogens is 300 g/mol. The number of hydrogen-bond donors (Lipinski definition) is 0. The molecule has 116 valence electrons. The molecule has 0 saturated carbocycles. The summed E-state index contributed by atoms with van der Waals surface area (Å²) in [6.45, 7) is 1.98. The van der Waals surface area contributed by atoms with E-state index in [1.165, 1.54) is 28.9 Å². The molecule has 1 heterocycles. The second kappa shape index (κ2) is 7.17. The van der Waals surface area contributed by atoms with E-state index in [4.69, 9.17) is 0 Å². The van der Waals surface area contributed by atoms with Crippen LogP contribution in [0.2, 0.25) is 0 Å². The number of carbonyl (C=O) groups excluding carboxylic acids is 2. The van der Waals surface area contributed by atoms with Crippen LogP contribution >= 0.6 is 11.3 Å². The molecule has 1 aromatic heterocycles. The maximum Gasteiger partial charge on any atom is 0.325 e. The summed E-state index contributed by atoms with van der Waals surface area (Å²) in [5.74, 6) is -0.596. The summed E-state index contributed by atoms with van der Waals surface area (Å²) in [6.07, 6.45) is 0.176. The van der Waals surface area contributed by atoms with E-state index in [0.717, 1.165) is 10.6 Å². The molecule has 0 radical (unpaired) electrons. The van der Waals surface area contributed by atoms with Crippen molar-refractivity contribution in [2.75, 3.05) is 20.7 Å². The number of benzene rings is 1. The molecule has 0 atom stereocenters. The van der Waals surface area contributed by atoms with Gasteiger partial charge in [-0.15, -0.1) is 11.3 Å². The molecule has 6 heteroatoms. The average molecular weight is 318 g/mol. The van der Waals surface area contributed by atoms with Crippen LogP contribution in [0.5, 0.6) is 0 Å². The van der Waals surface area contributed by atoms with E-state index in [9.17, 15) is 9.59 Å². The van der Waals surface area contributed by atoms with Crippen LogP contribution in [0.15, 0.2) is 29.6 Å². The Kier molecular flexibility index (Phi) is 5.27. The van der Waals surface area contributed by atoms with Gasteiger partial charge in [-0.05, 0) is 13.0 Å². The minimum atomic E-state index is -0.436. The molecule has 0 fully saturated rings. The van der Waals surface area contributed by atoms with E-state index >= 15 is 0 Å². The summed E-state index contributed by atoms with van der Waals surface area (Å²) in [4.78, 5) is 29.1. The molecule has 0 spiro atoms. The molecule has 1 aromatic carbocycles. The lowest BCUT2D eigenvalue weighted by Gasteiger charge is -2.14. The maximum atomic E-state index is 12.0. The standard InChI is InChI=1S/C16H18N2O3S/c1-11-5-4-6-12(7-11)16-17-13(10-22-16)8-14(19)18(2)9-15(20)21-3/h4-7,10H,8-9H2,1-3H3. The third kappa shape index (κ3) is 4.14. The molecule has 22 heavy (non-hydrogen) atoms. The van der Waals surface area contributed by atoms with Crippen molar-refractivity contribution < 1.29 is 14.3 Å². The van der Waals surface area contributed by atoms with Gasteiger partial charge in [-0.3, -0.25) is 9.59 Å². The summed E-state index contributed by atoms with van der Waals surface area (Å²) in [5, 5.41) is 2.77. The second-order valence-electron chi connectivity index (χ2n) is 5.02. The molecule has 0 saturated heterocycles. The fourth-order valence-electron chi connectivity index (χ4n) is 1.94. The maximum absolute atomic E-state index is 12.0. The van der Waals surface area contributed by atoms with Crippen molar-refractivity contribution >= 4 is 23.2 Å². The van der Waals surface area contributed by atoms with Gasteiger partial charge in [0.25, 0.3) is 0 Å². The van der Waals surface area contributed by atoms with Crippen molar-refractivity contribution in [2.24, 2.45) is 0 Å². The van der Waals surface area contributed by atoms with E-state index in [0.29, 0.717) is 5.69 Å². The number of esters is 1. The predicted molar refractivity (Wildman–Crippen MR) is 85.6 cm³/mol. The highest BCUT2D eigenvalue weighted by atomic mass is 32.1. The van der Waals surface area contributed by atoms with Crippen LogP contribution in [-0.2, 0) is 20.7 Å². The lowest BCUT2D eigenvalue weighted by Crippen LogP contribution is -2.33. The Balaban J connectivity index is 2.03. The number of hydrogen-bond acceptors (Lipinski definition) is 5. The largest absolute Gasteiger partial charge is 0.468 e. The van der Waals surface area contributed by atoms with E-state index in [2.05, 4.69) is 15.8 Å². The summed E-state index contributed by atoms with van der Waals surface area (Å²) in [5.41, 5.74) is 2.93. The number of amides is 1. The lowest BCUT2D eigenvalue weighted by atomic mass is 10.1. The molecule has 0 aliphatic heterocycles. The first-order valence-corrected chi connectivity index (χ1v) is 7.70. The van der Waals surface area contributed by atoms with Gasteiger partial charge in [0.15, 0.2) is 0 Å². The van der Waals surface area contributed by atoms with Gasteiger partial charge in [-0.1, -0.05) is 23.8 Å². The van der Waals surface area contributed by atoms with Gasteiger partial charge in [0.05, 0.1) is 19.2 Å². The first-order chi connectivity index (χ1) is 10.5. The zero-order valence-electron chi connectivity index (χ0n) is 12.8. The van der Waals surface area contributed by atoms with Crippen LogP contribution in [-0.4, -0.2) is 42.5 Å². The molecule has 2 aromatic rings. The highest BCUT2D eigenvalue weighted by molar-refractivity contribution is 7.13. The van der Waals surface area contributed by atoms with Gasteiger partial charge in [-0.2, -0.15) is 0 Å². The highest BCUT2D eigenvalue weighted by Gasteiger charge is 2.15. The third-order valence-electron chi connectivity index (χ3n) is 3.17. The van der Waals surface area contributed by atoms with Crippen LogP contribution in [0.1, 0.15) is 11.3 Å². The van der Waals surface area contributed by atoms with Gasteiger partial charge in [0.1, 0.15) is 11.6 Å². The summed E-state index contributed by atoms with van der Waals surface area (Å²) in [6, 6.07) is 8.08. The molecule has 1 amide bonds. The molecule has 0 aliphatic carbocycles. The van der Waals surface area contributed by atoms with Gasteiger partial charge >= 0.3 is 5.97 Å². The predicted octanol–water partition coefficient (Wildman–Crippen LogP) is 2.29. The Hall–Kier alpha value is -2.21. The minimum absolute atomic E-state index is 0.0514.